The van der Waals surface area contributed by atoms with Crippen molar-refractivity contribution in [2.75, 3.05) is 44.3 Å². The van der Waals surface area contributed by atoms with Gasteiger partial charge in [-0.2, -0.15) is 13.2 Å². The zero-order chi connectivity index (χ0) is 23.5. The number of hydrogen-bond acceptors (Lipinski definition) is 5. The first-order valence-electron chi connectivity index (χ1n) is 9.73. The van der Waals surface area contributed by atoms with Crippen LogP contribution in [-0.2, 0) is 20.8 Å². The number of benzene rings is 2. The Bertz CT molecular complexity index is 1110. The molecule has 2 aromatic carbocycles. The van der Waals surface area contributed by atoms with E-state index in [1.165, 1.54) is 35.2 Å². The van der Waals surface area contributed by atoms with Crippen molar-refractivity contribution in [2.45, 2.75) is 11.1 Å². The molecule has 2 amide bonds. The fraction of sp³-hybridized carbons (Fsp3) is 0.333. The van der Waals surface area contributed by atoms with Crippen LogP contribution in [0.3, 0.4) is 0 Å². The van der Waals surface area contributed by atoms with Crippen LogP contribution < -0.4 is 5.32 Å². The van der Waals surface area contributed by atoms with Gasteiger partial charge in [-0.25, -0.2) is 8.42 Å². The normalized spacial score (nSPS) is 15.4. The molecule has 0 aliphatic carbocycles. The van der Waals surface area contributed by atoms with E-state index in [-0.39, 0.29) is 30.4 Å². The summed E-state index contributed by atoms with van der Waals surface area (Å²) in [7, 11) is -3.41. The van der Waals surface area contributed by atoms with E-state index in [9.17, 15) is 31.2 Å². The summed E-state index contributed by atoms with van der Waals surface area (Å²) in [4.78, 5) is 28.2. The quantitative estimate of drug-likeness (QED) is 0.727. The Hall–Kier alpha value is -2.92. The number of nitrogens with zero attached hydrogens (tertiary/aromatic N) is 2. The van der Waals surface area contributed by atoms with Crippen molar-refractivity contribution in [1.82, 2.24) is 9.80 Å². The zero-order valence-corrected chi connectivity index (χ0v) is 18.0. The SMILES string of the molecule is CS(=O)(=O)c1cccc(NC(=O)CN2CCN(C(=O)c3ccccc3C(F)(F)F)CC2)c1. The van der Waals surface area contributed by atoms with Gasteiger partial charge in [-0.1, -0.05) is 18.2 Å². The Kier molecular flexibility index (Phi) is 6.89. The highest BCUT2D eigenvalue weighted by atomic mass is 32.2. The summed E-state index contributed by atoms with van der Waals surface area (Å²) < 4.78 is 62.9. The highest BCUT2D eigenvalue weighted by Gasteiger charge is 2.36. The lowest BCUT2D eigenvalue weighted by molar-refractivity contribution is -0.138. The number of piperazine rings is 1. The second kappa shape index (κ2) is 9.29. The number of hydrogen-bond donors (Lipinski definition) is 1. The van der Waals surface area contributed by atoms with Crippen molar-refractivity contribution in [3.05, 3.63) is 59.7 Å². The van der Waals surface area contributed by atoms with Crippen molar-refractivity contribution in [1.29, 1.82) is 0 Å². The molecule has 3 rings (SSSR count). The van der Waals surface area contributed by atoms with Crippen LogP contribution >= 0.6 is 0 Å². The highest BCUT2D eigenvalue weighted by molar-refractivity contribution is 7.90. The van der Waals surface area contributed by atoms with E-state index in [1.807, 2.05) is 0 Å². The summed E-state index contributed by atoms with van der Waals surface area (Å²) in [5.74, 6) is -1.06. The number of halogens is 3. The predicted molar refractivity (Wildman–Crippen MR) is 112 cm³/mol. The Balaban J connectivity index is 1.57. The van der Waals surface area contributed by atoms with Crippen LogP contribution in [0.5, 0.6) is 0 Å². The Labute approximate surface area is 183 Å². The van der Waals surface area contributed by atoms with Gasteiger partial charge < -0.3 is 10.2 Å². The Morgan fingerprint density at radius 3 is 2.28 bits per heavy atom. The molecule has 0 aromatic heterocycles. The molecule has 11 heteroatoms. The molecule has 0 saturated carbocycles. The fourth-order valence-corrected chi connectivity index (χ4v) is 4.07. The fourth-order valence-electron chi connectivity index (χ4n) is 3.40. The molecule has 7 nitrogen and oxygen atoms in total. The molecule has 0 unspecified atom stereocenters. The lowest BCUT2D eigenvalue weighted by atomic mass is 10.1. The van der Waals surface area contributed by atoms with Crippen LogP contribution in [0, 0.1) is 0 Å². The van der Waals surface area contributed by atoms with E-state index in [0.717, 1.165) is 18.4 Å². The first-order chi connectivity index (χ1) is 14.9. The van der Waals surface area contributed by atoms with Crippen molar-refractivity contribution in [3.63, 3.8) is 0 Å². The van der Waals surface area contributed by atoms with Gasteiger partial charge in [0.25, 0.3) is 5.91 Å². The van der Waals surface area contributed by atoms with Gasteiger partial charge in [0.05, 0.1) is 22.6 Å². The smallest absolute Gasteiger partial charge is 0.336 e. The number of rotatable bonds is 5. The van der Waals surface area contributed by atoms with Crippen molar-refractivity contribution in [3.8, 4) is 0 Å². The first-order valence-corrected chi connectivity index (χ1v) is 11.6. The van der Waals surface area contributed by atoms with Gasteiger partial charge in [-0.05, 0) is 30.3 Å². The van der Waals surface area contributed by atoms with Gasteiger partial charge in [0.1, 0.15) is 0 Å². The summed E-state index contributed by atoms with van der Waals surface area (Å²) in [6.07, 6.45) is -3.55. The standard InChI is InChI=1S/C21H22F3N3O4S/c1-32(30,31)16-6-4-5-15(13-16)25-19(28)14-26-9-11-27(12-10-26)20(29)17-7-2-3-8-18(17)21(22,23)24/h2-8,13H,9-12,14H2,1H3,(H,25,28). The maximum absolute atomic E-state index is 13.2. The van der Waals surface area contributed by atoms with Gasteiger partial charge in [-0.3, -0.25) is 14.5 Å². The molecule has 32 heavy (non-hydrogen) atoms. The maximum atomic E-state index is 13.2. The monoisotopic (exact) mass is 469 g/mol. The van der Waals surface area contributed by atoms with Crippen LogP contribution in [0.1, 0.15) is 15.9 Å². The van der Waals surface area contributed by atoms with Crippen molar-refractivity contribution >= 4 is 27.3 Å². The molecule has 1 fully saturated rings. The minimum Gasteiger partial charge on any atom is -0.336 e. The van der Waals surface area contributed by atoms with Crippen LogP contribution in [-0.4, -0.2) is 69.0 Å². The largest absolute Gasteiger partial charge is 0.417 e. The molecule has 0 radical (unpaired) electrons. The summed E-state index contributed by atoms with van der Waals surface area (Å²) >= 11 is 0. The van der Waals surface area contributed by atoms with E-state index >= 15 is 0 Å². The molecule has 1 N–H and O–H groups in total. The number of sulfone groups is 1. The Morgan fingerprint density at radius 2 is 1.66 bits per heavy atom. The van der Waals surface area contributed by atoms with E-state index in [2.05, 4.69) is 5.32 Å². The molecular weight excluding hydrogens is 447 g/mol. The van der Waals surface area contributed by atoms with E-state index in [1.54, 1.807) is 11.0 Å². The summed E-state index contributed by atoms with van der Waals surface area (Å²) in [5, 5.41) is 2.64. The number of carbonyl (C=O) groups is 2. The molecule has 1 aliphatic rings. The third-order valence-electron chi connectivity index (χ3n) is 5.04. The average Bonchev–Trinajstić information content (AvgIpc) is 2.73. The van der Waals surface area contributed by atoms with Gasteiger partial charge in [0.2, 0.25) is 5.91 Å². The van der Waals surface area contributed by atoms with Crippen LogP contribution in [0.4, 0.5) is 18.9 Å². The lowest BCUT2D eigenvalue weighted by Crippen LogP contribution is -2.50. The second-order valence-electron chi connectivity index (χ2n) is 7.46. The van der Waals surface area contributed by atoms with E-state index < -0.39 is 33.0 Å². The first kappa shape index (κ1) is 23.7. The molecule has 172 valence electrons. The molecule has 0 atom stereocenters. The van der Waals surface area contributed by atoms with E-state index in [4.69, 9.17) is 0 Å². The summed E-state index contributed by atoms with van der Waals surface area (Å²) in [5.41, 5.74) is -1.02. The second-order valence-corrected chi connectivity index (χ2v) is 9.48. The molecule has 0 spiro atoms. The van der Waals surface area contributed by atoms with Crippen LogP contribution in [0.25, 0.3) is 0 Å². The van der Waals surface area contributed by atoms with E-state index in [0.29, 0.717) is 18.8 Å². The topological polar surface area (TPSA) is 86.8 Å². The zero-order valence-electron chi connectivity index (χ0n) is 17.2. The van der Waals surface area contributed by atoms with Gasteiger partial charge in [-0.15, -0.1) is 0 Å². The van der Waals surface area contributed by atoms with Crippen molar-refractivity contribution in [2.24, 2.45) is 0 Å². The number of carbonyl (C=O) groups excluding carboxylic acids is 2. The third kappa shape index (κ3) is 5.86. The Morgan fingerprint density at radius 1 is 1.00 bits per heavy atom. The number of nitrogens with one attached hydrogen (secondary N) is 1. The summed E-state index contributed by atoms with van der Waals surface area (Å²) in [6.45, 7) is 1.00. The lowest BCUT2D eigenvalue weighted by Gasteiger charge is -2.34. The van der Waals surface area contributed by atoms with Gasteiger partial charge >= 0.3 is 6.18 Å². The number of alkyl halides is 3. The van der Waals surface area contributed by atoms with Crippen LogP contribution in [0.15, 0.2) is 53.4 Å². The molecule has 1 saturated heterocycles. The minimum atomic E-state index is -4.62. The minimum absolute atomic E-state index is 0.00424. The number of anilines is 1. The highest BCUT2D eigenvalue weighted by Crippen LogP contribution is 2.32. The molecule has 1 aliphatic heterocycles. The molecule has 0 bridgehead atoms. The number of amides is 2. The van der Waals surface area contributed by atoms with Gasteiger partial charge in [0.15, 0.2) is 9.84 Å². The average molecular weight is 469 g/mol. The van der Waals surface area contributed by atoms with Crippen molar-refractivity contribution < 1.29 is 31.2 Å². The molecule has 2 aromatic rings. The third-order valence-corrected chi connectivity index (χ3v) is 6.15. The predicted octanol–water partition coefficient (Wildman–Crippen LogP) is 2.51. The van der Waals surface area contributed by atoms with Crippen LogP contribution in [0.2, 0.25) is 0 Å². The summed E-state index contributed by atoms with van der Waals surface area (Å²) in [6, 6.07) is 10.6. The molecular formula is C21H22F3N3O4S. The van der Waals surface area contributed by atoms with Gasteiger partial charge in [0, 0.05) is 38.1 Å². The molecule has 1 heterocycles. The maximum Gasteiger partial charge on any atom is 0.417 e.